The van der Waals surface area contributed by atoms with Gasteiger partial charge in [0.1, 0.15) is 0 Å². The van der Waals surface area contributed by atoms with Crippen LogP contribution in [0.25, 0.3) is 76.8 Å². The lowest BCUT2D eigenvalue weighted by atomic mass is 9.91. The molecule has 0 aliphatic carbocycles. The molecule has 0 fully saturated rings. The number of fused-ring (bicyclic) bond motifs is 4. The molecule has 0 saturated heterocycles. The van der Waals surface area contributed by atoms with Crippen molar-refractivity contribution in [2.45, 2.75) is 0 Å². The van der Waals surface area contributed by atoms with Gasteiger partial charge >= 0.3 is 0 Å². The molecule has 55 heavy (non-hydrogen) atoms. The largest absolute Gasteiger partial charge is 0.311 e. The van der Waals surface area contributed by atoms with Gasteiger partial charge in [-0.25, -0.2) is 0 Å². The van der Waals surface area contributed by atoms with E-state index in [0.717, 1.165) is 17.1 Å². The second kappa shape index (κ2) is 14.0. The van der Waals surface area contributed by atoms with Crippen molar-refractivity contribution in [3.05, 3.63) is 224 Å². The van der Waals surface area contributed by atoms with Crippen LogP contribution in [0.5, 0.6) is 0 Å². The Bertz CT molecular complexity index is 2890. The fraction of sp³-hybridized carbons (Fsp3) is 0. The minimum atomic E-state index is 1.13. The summed E-state index contributed by atoms with van der Waals surface area (Å²) in [5.41, 5.74) is 13.2. The highest BCUT2D eigenvalue weighted by Gasteiger charge is 2.13. The molecule has 0 aliphatic heterocycles. The maximum absolute atomic E-state index is 2.34. The topological polar surface area (TPSA) is 3.24 Å². The van der Waals surface area contributed by atoms with Crippen LogP contribution in [0.1, 0.15) is 0 Å². The number of anilines is 3. The average Bonchev–Trinajstić information content (AvgIpc) is 3.27. The monoisotopic (exact) mass is 699 g/mol. The summed E-state index contributed by atoms with van der Waals surface area (Å²) in [7, 11) is 0. The van der Waals surface area contributed by atoms with E-state index in [2.05, 4.69) is 229 Å². The Labute approximate surface area is 322 Å². The summed E-state index contributed by atoms with van der Waals surface area (Å²) in [4.78, 5) is 2.29. The van der Waals surface area contributed by atoms with Gasteiger partial charge < -0.3 is 4.90 Å². The first kappa shape index (κ1) is 32.4. The zero-order chi connectivity index (χ0) is 36.6. The van der Waals surface area contributed by atoms with Gasteiger partial charge in [-0.2, -0.15) is 0 Å². The molecule has 0 N–H and O–H groups in total. The molecule has 0 radical (unpaired) electrons. The van der Waals surface area contributed by atoms with E-state index in [9.17, 15) is 0 Å². The Morgan fingerprint density at radius 3 is 1.16 bits per heavy atom. The molecule has 1 nitrogen and oxygen atoms in total. The predicted octanol–water partition coefficient (Wildman–Crippen LogP) is 15.3. The summed E-state index contributed by atoms with van der Waals surface area (Å²) in [5, 5.41) is 7.64. The summed E-state index contributed by atoms with van der Waals surface area (Å²) in [6.45, 7) is 0. The molecule has 0 aromatic heterocycles. The molecule has 10 aromatic rings. The van der Waals surface area contributed by atoms with Crippen molar-refractivity contribution in [2.24, 2.45) is 0 Å². The number of hydrogen-bond donors (Lipinski definition) is 0. The molecule has 1 heteroatoms. The van der Waals surface area contributed by atoms with Crippen molar-refractivity contribution in [1.29, 1.82) is 0 Å². The van der Waals surface area contributed by atoms with Gasteiger partial charge in [0.2, 0.25) is 0 Å². The van der Waals surface area contributed by atoms with Crippen molar-refractivity contribution in [3.63, 3.8) is 0 Å². The molecular formula is C54H37N. The van der Waals surface area contributed by atoms with Gasteiger partial charge in [0, 0.05) is 17.1 Å². The van der Waals surface area contributed by atoms with E-state index in [0.29, 0.717) is 0 Å². The lowest BCUT2D eigenvalue weighted by molar-refractivity contribution is 1.28. The standard InChI is InChI=1S/C54H37N/c1-3-12-48(13-4-1)55(49-14-5-2-6-15-49)50-33-31-41(32-34-50)40-21-19-38(20-22-40)39-23-25-42(26-24-39)43-27-28-45-36-47(30-29-44(45)35-43)54-37-46-11-7-8-16-51(46)52-17-9-10-18-53(52)54/h1-37H. The first-order chi connectivity index (χ1) is 27.2. The first-order valence-electron chi connectivity index (χ1n) is 18.9. The second-order valence-corrected chi connectivity index (χ2v) is 14.2. The van der Waals surface area contributed by atoms with Crippen molar-refractivity contribution < 1.29 is 0 Å². The third-order valence-corrected chi connectivity index (χ3v) is 10.8. The van der Waals surface area contributed by atoms with Crippen LogP contribution in [0.15, 0.2) is 224 Å². The van der Waals surface area contributed by atoms with Crippen LogP contribution >= 0.6 is 0 Å². The lowest BCUT2D eigenvalue weighted by Crippen LogP contribution is -2.09. The molecule has 0 aliphatic rings. The zero-order valence-electron chi connectivity index (χ0n) is 30.3. The molecule has 0 heterocycles. The maximum atomic E-state index is 2.34. The van der Waals surface area contributed by atoms with Gasteiger partial charge in [-0.05, 0) is 131 Å². The van der Waals surface area contributed by atoms with E-state index in [1.165, 1.54) is 76.8 Å². The van der Waals surface area contributed by atoms with E-state index < -0.39 is 0 Å². The van der Waals surface area contributed by atoms with Crippen LogP contribution < -0.4 is 4.90 Å². The number of para-hydroxylation sites is 2. The van der Waals surface area contributed by atoms with E-state index in [-0.39, 0.29) is 0 Å². The van der Waals surface area contributed by atoms with Crippen molar-refractivity contribution >= 4 is 49.4 Å². The Balaban J connectivity index is 0.877. The predicted molar refractivity (Wildman–Crippen MR) is 235 cm³/mol. The lowest BCUT2D eigenvalue weighted by Gasteiger charge is -2.25. The highest BCUT2D eigenvalue weighted by Crippen LogP contribution is 2.38. The summed E-state index contributed by atoms with van der Waals surface area (Å²) in [6.07, 6.45) is 0. The molecule has 0 unspecified atom stereocenters. The summed E-state index contributed by atoms with van der Waals surface area (Å²) >= 11 is 0. The molecule has 0 amide bonds. The van der Waals surface area contributed by atoms with Gasteiger partial charge in [-0.3, -0.25) is 0 Å². The average molecular weight is 700 g/mol. The Hall–Kier alpha value is -7.22. The first-order valence-corrected chi connectivity index (χ1v) is 18.9. The smallest absolute Gasteiger partial charge is 0.0462 e. The molecular weight excluding hydrogens is 663 g/mol. The van der Waals surface area contributed by atoms with Crippen LogP contribution in [0, 0.1) is 0 Å². The minimum Gasteiger partial charge on any atom is -0.311 e. The van der Waals surface area contributed by atoms with Gasteiger partial charge in [0.05, 0.1) is 0 Å². The number of hydrogen-bond acceptors (Lipinski definition) is 1. The highest BCUT2D eigenvalue weighted by atomic mass is 15.1. The van der Waals surface area contributed by atoms with E-state index in [4.69, 9.17) is 0 Å². The van der Waals surface area contributed by atoms with Gasteiger partial charge in [0.15, 0.2) is 0 Å². The number of nitrogens with zero attached hydrogens (tertiary/aromatic N) is 1. The van der Waals surface area contributed by atoms with Crippen molar-refractivity contribution in [2.75, 3.05) is 4.90 Å². The van der Waals surface area contributed by atoms with E-state index in [1.807, 2.05) is 0 Å². The van der Waals surface area contributed by atoms with Gasteiger partial charge in [0.25, 0.3) is 0 Å². The van der Waals surface area contributed by atoms with Crippen LogP contribution in [0.3, 0.4) is 0 Å². The molecule has 0 bridgehead atoms. The third kappa shape index (κ3) is 6.22. The zero-order valence-corrected chi connectivity index (χ0v) is 30.3. The molecule has 10 aromatic carbocycles. The quantitative estimate of drug-likeness (QED) is 0.150. The molecule has 0 saturated carbocycles. The molecule has 258 valence electrons. The maximum Gasteiger partial charge on any atom is 0.0462 e. The fourth-order valence-corrected chi connectivity index (χ4v) is 8.00. The van der Waals surface area contributed by atoms with Crippen molar-refractivity contribution in [1.82, 2.24) is 0 Å². The van der Waals surface area contributed by atoms with Gasteiger partial charge in [-0.1, -0.05) is 170 Å². The minimum absolute atomic E-state index is 1.13. The van der Waals surface area contributed by atoms with Crippen LogP contribution in [0.4, 0.5) is 17.1 Å². The third-order valence-electron chi connectivity index (χ3n) is 10.8. The van der Waals surface area contributed by atoms with Crippen LogP contribution in [0.2, 0.25) is 0 Å². The Morgan fingerprint density at radius 2 is 0.600 bits per heavy atom. The normalized spacial score (nSPS) is 11.3. The summed E-state index contributed by atoms with van der Waals surface area (Å²) in [6, 6.07) is 81.2. The van der Waals surface area contributed by atoms with Crippen LogP contribution in [-0.4, -0.2) is 0 Å². The van der Waals surface area contributed by atoms with E-state index in [1.54, 1.807) is 0 Å². The number of benzene rings is 10. The van der Waals surface area contributed by atoms with Gasteiger partial charge in [-0.15, -0.1) is 0 Å². The molecule has 10 rings (SSSR count). The Morgan fingerprint density at radius 1 is 0.218 bits per heavy atom. The molecule has 0 atom stereocenters. The number of rotatable bonds is 7. The van der Waals surface area contributed by atoms with E-state index >= 15 is 0 Å². The highest BCUT2D eigenvalue weighted by molar-refractivity contribution is 6.14. The van der Waals surface area contributed by atoms with Crippen molar-refractivity contribution in [3.8, 4) is 44.5 Å². The summed E-state index contributed by atoms with van der Waals surface area (Å²) in [5.74, 6) is 0. The SMILES string of the molecule is c1ccc(N(c2ccccc2)c2ccc(-c3ccc(-c4ccc(-c5ccc6cc(-c7cc8ccccc8c8ccccc78)ccc6c5)cc4)cc3)cc2)cc1. The van der Waals surface area contributed by atoms with Crippen LogP contribution in [-0.2, 0) is 0 Å². The Kier molecular flexibility index (Phi) is 8.24. The molecule has 0 spiro atoms. The second-order valence-electron chi connectivity index (χ2n) is 14.2. The summed E-state index contributed by atoms with van der Waals surface area (Å²) < 4.78 is 0. The fourth-order valence-electron chi connectivity index (χ4n) is 8.00.